The fourth-order valence-electron chi connectivity index (χ4n) is 3.28. The summed E-state index contributed by atoms with van der Waals surface area (Å²) in [5.41, 5.74) is 5.71. The molecule has 6 nitrogen and oxygen atoms in total. The summed E-state index contributed by atoms with van der Waals surface area (Å²) in [6.07, 6.45) is 2.89. The normalized spacial score (nSPS) is 23.1. The highest BCUT2D eigenvalue weighted by Crippen LogP contribution is 2.38. The number of hydrogen-bond acceptors (Lipinski definition) is 5. The predicted molar refractivity (Wildman–Crippen MR) is 65.8 cm³/mol. The molecular weight excluding hydrogens is 232 g/mol. The summed E-state index contributed by atoms with van der Waals surface area (Å²) in [5, 5.41) is 7.12. The standard InChI is InChI=1S/C12H20N4O2/c1-11(2)5-8(13)6-12(3,4)16(11)10(17)9-7-14-18-15-9/h7-8H,5-6,13H2,1-4H3. The van der Waals surface area contributed by atoms with Gasteiger partial charge in [0.15, 0.2) is 5.69 Å². The second-order valence-electron chi connectivity index (χ2n) is 6.23. The van der Waals surface area contributed by atoms with Gasteiger partial charge in [-0.15, -0.1) is 0 Å². The lowest BCUT2D eigenvalue weighted by Crippen LogP contribution is -2.65. The highest BCUT2D eigenvalue weighted by molar-refractivity contribution is 5.93. The van der Waals surface area contributed by atoms with Crippen LogP contribution in [0, 0.1) is 0 Å². The Morgan fingerprint density at radius 3 is 2.39 bits per heavy atom. The van der Waals surface area contributed by atoms with Crippen molar-refractivity contribution >= 4 is 5.91 Å². The van der Waals surface area contributed by atoms with Crippen LogP contribution >= 0.6 is 0 Å². The van der Waals surface area contributed by atoms with Crippen molar-refractivity contribution in [1.29, 1.82) is 0 Å². The Hall–Kier alpha value is -1.43. The number of amides is 1. The van der Waals surface area contributed by atoms with Gasteiger partial charge in [-0.1, -0.05) is 5.16 Å². The maximum atomic E-state index is 12.5. The van der Waals surface area contributed by atoms with Gasteiger partial charge in [0.25, 0.3) is 5.91 Å². The number of rotatable bonds is 1. The largest absolute Gasteiger partial charge is 0.328 e. The van der Waals surface area contributed by atoms with Gasteiger partial charge in [-0.3, -0.25) is 4.79 Å². The van der Waals surface area contributed by atoms with Crippen LogP contribution in [0.15, 0.2) is 10.8 Å². The first kappa shape index (κ1) is 13.0. The first-order chi connectivity index (χ1) is 8.24. The minimum atomic E-state index is -0.308. The number of hydrogen-bond donors (Lipinski definition) is 1. The van der Waals surface area contributed by atoms with Crippen molar-refractivity contribution in [3.8, 4) is 0 Å². The molecule has 1 amide bonds. The van der Waals surface area contributed by atoms with Gasteiger partial charge < -0.3 is 10.6 Å². The molecule has 2 rings (SSSR count). The lowest BCUT2D eigenvalue weighted by atomic mass is 9.77. The molecule has 1 aromatic rings. The topological polar surface area (TPSA) is 85.2 Å². The van der Waals surface area contributed by atoms with Crippen molar-refractivity contribution in [2.75, 3.05) is 0 Å². The van der Waals surface area contributed by atoms with Crippen LogP contribution in [0.3, 0.4) is 0 Å². The van der Waals surface area contributed by atoms with Crippen LogP contribution in [-0.4, -0.2) is 38.2 Å². The Bertz CT molecular complexity index is 421. The van der Waals surface area contributed by atoms with Gasteiger partial charge in [0.05, 0.1) is 0 Å². The Kier molecular flexibility index (Phi) is 2.93. The van der Waals surface area contributed by atoms with Crippen LogP contribution in [0.25, 0.3) is 0 Å². The third-order valence-corrected chi connectivity index (χ3v) is 3.52. The maximum Gasteiger partial charge on any atom is 0.278 e. The van der Waals surface area contributed by atoms with Gasteiger partial charge in [0, 0.05) is 17.1 Å². The molecule has 0 atom stereocenters. The molecule has 1 saturated heterocycles. The van der Waals surface area contributed by atoms with Crippen molar-refractivity contribution in [3.63, 3.8) is 0 Å². The number of likely N-dealkylation sites (tertiary alicyclic amines) is 1. The predicted octanol–water partition coefficient (Wildman–Crippen LogP) is 1.19. The quantitative estimate of drug-likeness (QED) is 0.811. The molecule has 1 fully saturated rings. The fourth-order valence-corrected chi connectivity index (χ4v) is 3.28. The summed E-state index contributed by atoms with van der Waals surface area (Å²) >= 11 is 0. The molecule has 0 spiro atoms. The molecule has 0 unspecified atom stereocenters. The highest BCUT2D eigenvalue weighted by Gasteiger charge is 2.47. The Labute approximate surface area is 106 Å². The van der Waals surface area contributed by atoms with E-state index in [0.29, 0.717) is 0 Å². The van der Waals surface area contributed by atoms with Gasteiger partial charge in [0.2, 0.25) is 0 Å². The van der Waals surface area contributed by atoms with Crippen LogP contribution in [0.5, 0.6) is 0 Å². The SMILES string of the molecule is CC1(C)CC(N)CC(C)(C)N1C(=O)c1cnon1. The zero-order valence-corrected chi connectivity index (χ0v) is 11.3. The molecule has 2 N–H and O–H groups in total. The molecule has 0 saturated carbocycles. The molecule has 1 aliphatic rings. The minimum absolute atomic E-state index is 0.106. The monoisotopic (exact) mass is 252 g/mol. The van der Waals surface area contributed by atoms with E-state index in [-0.39, 0.29) is 28.7 Å². The Morgan fingerprint density at radius 1 is 1.39 bits per heavy atom. The molecule has 1 aromatic heterocycles. The van der Waals surface area contributed by atoms with E-state index in [1.54, 1.807) is 0 Å². The van der Waals surface area contributed by atoms with Gasteiger partial charge in [-0.2, -0.15) is 0 Å². The van der Waals surface area contributed by atoms with E-state index in [1.807, 2.05) is 32.6 Å². The summed E-state index contributed by atoms with van der Waals surface area (Å²) in [7, 11) is 0. The Morgan fingerprint density at radius 2 is 1.94 bits per heavy atom. The minimum Gasteiger partial charge on any atom is -0.328 e. The summed E-state index contributed by atoms with van der Waals surface area (Å²) in [6, 6.07) is 0.106. The number of carbonyl (C=O) groups excluding carboxylic acids is 1. The third kappa shape index (κ3) is 2.12. The van der Waals surface area contributed by atoms with E-state index in [2.05, 4.69) is 14.9 Å². The van der Waals surface area contributed by atoms with Crippen molar-refractivity contribution in [2.24, 2.45) is 5.73 Å². The summed E-state index contributed by atoms with van der Waals surface area (Å²) in [4.78, 5) is 14.4. The summed E-state index contributed by atoms with van der Waals surface area (Å²) in [6.45, 7) is 8.11. The molecule has 1 aliphatic heterocycles. The van der Waals surface area contributed by atoms with Crippen molar-refractivity contribution in [2.45, 2.75) is 57.7 Å². The van der Waals surface area contributed by atoms with E-state index in [1.165, 1.54) is 6.20 Å². The van der Waals surface area contributed by atoms with E-state index in [0.717, 1.165) is 12.8 Å². The third-order valence-electron chi connectivity index (χ3n) is 3.52. The van der Waals surface area contributed by atoms with Crippen molar-refractivity contribution < 1.29 is 9.42 Å². The van der Waals surface area contributed by atoms with Crippen LogP contribution in [0.4, 0.5) is 0 Å². The van der Waals surface area contributed by atoms with E-state index in [9.17, 15) is 4.79 Å². The second-order valence-corrected chi connectivity index (χ2v) is 6.23. The van der Waals surface area contributed by atoms with Gasteiger partial charge in [0.1, 0.15) is 6.20 Å². The average Bonchev–Trinajstić information content (AvgIpc) is 2.63. The molecule has 0 aromatic carbocycles. The molecule has 0 bridgehead atoms. The van der Waals surface area contributed by atoms with Crippen LogP contribution < -0.4 is 5.73 Å². The van der Waals surface area contributed by atoms with Crippen LogP contribution in [0.2, 0.25) is 0 Å². The molecule has 2 heterocycles. The van der Waals surface area contributed by atoms with Gasteiger partial charge >= 0.3 is 0 Å². The molecule has 0 aliphatic carbocycles. The zero-order valence-electron chi connectivity index (χ0n) is 11.3. The number of nitrogens with zero attached hydrogens (tertiary/aromatic N) is 3. The van der Waals surface area contributed by atoms with E-state index in [4.69, 9.17) is 5.73 Å². The zero-order chi connectivity index (χ0) is 13.6. The van der Waals surface area contributed by atoms with Crippen molar-refractivity contribution in [3.05, 3.63) is 11.9 Å². The molecule has 6 heteroatoms. The van der Waals surface area contributed by atoms with Crippen molar-refractivity contribution in [1.82, 2.24) is 15.2 Å². The average molecular weight is 252 g/mol. The van der Waals surface area contributed by atoms with E-state index < -0.39 is 0 Å². The molecule has 100 valence electrons. The number of nitrogens with two attached hydrogens (primary N) is 1. The lowest BCUT2D eigenvalue weighted by Gasteiger charge is -2.54. The van der Waals surface area contributed by atoms with Crippen LogP contribution in [0.1, 0.15) is 51.0 Å². The first-order valence-corrected chi connectivity index (χ1v) is 6.12. The Balaban J connectivity index is 2.37. The first-order valence-electron chi connectivity index (χ1n) is 6.12. The lowest BCUT2D eigenvalue weighted by molar-refractivity contribution is -0.0179. The van der Waals surface area contributed by atoms with Crippen LogP contribution in [-0.2, 0) is 0 Å². The van der Waals surface area contributed by atoms with E-state index >= 15 is 0 Å². The fraction of sp³-hybridized carbons (Fsp3) is 0.750. The maximum absolute atomic E-state index is 12.5. The summed E-state index contributed by atoms with van der Waals surface area (Å²) < 4.78 is 4.51. The molecule has 18 heavy (non-hydrogen) atoms. The second kappa shape index (κ2) is 4.05. The van der Waals surface area contributed by atoms with Gasteiger partial charge in [-0.25, -0.2) is 4.63 Å². The number of carbonyl (C=O) groups is 1. The van der Waals surface area contributed by atoms with Gasteiger partial charge in [-0.05, 0) is 45.7 Å². The summed E-state index contributed by atoms with van der Waals surface area (Å²) in [5.74, 6) is -0.154. The molecular formula is C12H20N4O2. The smallest absolute Gasteiger partial charge is 0.278 e. The highest BCUT2D eigenvalue weighted by atomic mass is 16.6. The molecule has 0 radical (unpaired) electrons. The number of piperidine rings is 1. The number of aromatic nitrogens is 2.